The summed E-state index contributed by atoms with van der Waals surface area (Å²) in [5.74, 6) is 1.09. The summed E-state index contributed by atoms with van der Waals surface area (Å²) < 4.78 is 27.6. The van der Waals surface area contributed by atoms with Crippen LogP contribution in [0.2, 0.25) is 0 Å². The zero-order valence-corrected chi connectivity index (χ0v) is 10.9. The molecule has 2 bridgehead atoms. The van der Waals surface area contributed by atoms with E-state index in [2.05, 4.69) is 0 Å². The van der Waals surface area contributed by atoms with Gasteiger partial charge in [-0.1, -0.05) is 12.1 Å². The van der Waals surface area contributed by atoms with Crippen molar-refractivity contribution in [3.63, 3.8) is 0 Å². The lowest BCUT2D eigenvalue weighted by molar-refractivity contribution is 0.125. The smallest absolute Gasteiger partial charge is 0.164 e. The maximum Gasteiger partial charge on any atom is 0.164 e. The molecule has 1 aromatic carbocycles. The van der Waals surface area contributed by atoms with Gasteiger partial charge in [-0.05, 0) is 61.3 Å². The van der Waals surface area contributed by atoms with Crippen LogP contribution in [0, 0.1) is 48.1 Å². The molecule has 3 heteroatoms. The molecule has 0 saturated heterocycles. The van der Waals surface area contributed by atoms with E-state index in [1.165, 1.54) is 19.3 Å². The Morgan fingerprint density at radius 1 is 1.11 bits per heavy atom. The third kappa shape index (κ3) is 1.48. The van der Waals surface area contributed by atoms with Crippen molar-refractivity contribution in [3.8, 4) is 0 Å². The van der Waals surface area contributed by atoms with Crippen molar-refractivity contribution in [2.75, 3.05) is 0 Å². The van der Waals surface area contributed by atoms with E-state index in [-0.39, 0.29) is 11.5 Å². The van der Waals surface area contributed by atoms with Crippen molar-refractivity contribution in [3.05, 3.63) is 34.9 Å². The largest absolute Gasteiger partial charge is 0.388 e. The van der Waals surface area contributed by atoms with Crippen molar-refractivity contribution in [1.29, 1.82) is 0 Å². The third-order valence-corrected chi connectivity index (χ3v) is 5.78. The Bertz CT molecular complexity index is 526. The highest BCUT2D eigenvalue weighted by Crippen LogP contribution is 2.72. The summed E-state index contributed by atoms with van der Waals surface area (Å²) >= 11 is 0. The highest BCUT2D eigenvalue weighted by molar-refractivity contribution is 5.30. The molecule has 5 atom stereocenters. The van der Waals surface area contributed by atoms with Crippen molar-refractivity contribution in [2.24, 2.45) is 29.6 Å². The Morgan fingerprint density at radius 2 is 1.74 bits per heavy atom. The number of rotatable bonds is 2. The molecule has 1 aromatic rings. The van der Waals surface area contributed by atoms with Gasteiger partial charge in [0.25, 0.3) is 0 Å². The number of aliphatic hydroxyl groups is 1. The summed E-state index contributed by atoms with van der Waals surface area (Å²) in [5, 5.41) is 10.4. The van der Waals surface area contributed by atoms with Gasteiger partial charge in [0.05, 0.1) is 6.10 Å². The van der Waals surface area contributed by atoms with Crippen molar-refractivity contribution >= 4 is 0 Å². The SMILES string of the molecule is Cc1ccc(C(O)C2C3C4CCC(C4)C32)c(F)c1F. The van der Waals surface area contributed by atoms with Gasteiger partial charge >= 0.3 is 0 Å². The first kappa shape index (κ1) is 11.8. The van der Waals surface area contributed by atoms with Gasteiger partial charge in [-0.3, -0.25) is 0 Å². The van der Waals surface area contributed by atoms with Gasteiger partial charge in [0.15, 0.2) is 11.6 Å². The van der Waals surface area contributed by atoms with Gasteiger partial charge < -0.3 is 5.11 Å². The van der Waals surface area contributed by atoms with E-state index in [9.17, 15) is 13.9 Å². The van der Waals surface area contributed by atoms with E-state index in [0.717, 1.165) is 11.8 Å². The third-order valence-electron chi connectivity index (χ3n) is 5.78. The minimum absolute atomic E-state index is 0.155. The van der Waals surface area contributed by atoms with E-state index >= 15 is 0 Å². The number of hydrogen-bond donors (Lipinski definition) is 1. The molecule has 0 heterocycles. The summed E-state index contributed by atoms with van der Waals surface area (Å²) in [6.45, 7) is 1.54. The fraction of sp³-hybridized carbons (Fsp3) is 0.625. The Hall–Kier alpha value is -0.960. The quantitative estimate of drug-likeness (QED) is 0.865. The fourth-order valence-electron chi connectivity index (χ4n) is 4.91. The molecule has 3 aliphatic rings. The molecule has 0 spiro atoms. The molecule has 5 unspecified atom stereocenters. The van der Waals surface area contributed by atoms with Crippen molar-refractivity contribution in [2.45, 2.75) is 32.3 Å². The van der Waals surface area contributed by atoms with Gasteiger partial charge in [0.1, 0.15) is 0 Å². The number of halogens is 2. The Morgan fingerprint density at radius 3 is 2.37 bits per heavy atom. The van der Waals surface area contributed by atoms with Crippen LogP contribution in [-0.2, 0) is 0 Å². The highest BCUT2D eigenvalue weighted by atomic mass is 19.2. The van der Waals surface area contributed by atoms with Crippen molar-refractivity contribution < 1.29 is 13.9 Å². The zero-order chi connectivity index (χ0) is 13.3. The molecule has 3 fully saturated rings. The number of aryl methyl sites for hydroxylation is 1. The van der Waals surface area contributed by atoms with Crippen LogP contribution < -0.4 is 0 Å². The summed E-state index contributed by atoms with van der Waals surface area (Å²) in [4.78, 5) is 0. The molecule has 0 radical (unpaired) electrons. The first-order chi connectivity index (χ1) is 9.09. The summed E-state index contributed by atoms with van der Waals surface area (Å²) in [6, 6.07) is 3.11. The van der Waals surface area contributed by atoms with Gasteiger partial charge in [-0.2, -0.15) is 0 Å². The number of hydrogen-bond acceptors (Lipinski definition) is 1. The van der Waals surface area contributed by atoms with Crippen LogP contribution in [0.25, 0.3) is 0 Å². The molecule has 3 aliphatic carbocycles. The van der Waals surface area contributed by atoms with Crippen LogP contribution in [0.15, 0.2) is 12.1 Å². The fourth-order valence-corrected chi connectivity index (χ4v) is 4.91. The maximum absolute atomic E-state index is 14.0. The standard InChI is InChI=1S/C16H18F2O/c1-7-2-5-10(15(18)14(7)17)16(19)13-11-8-3-4-9(6-8)12(11)13/h2,5,8-9,11-13,16,19H,3-4,6H2,1H3. The molecule has 1 N–H and O–H groups in total. The summed E-state index contributed by atoms with van der Waals surface area (Å²) in [6.07, 6.45) is 3.00. The normalized spacial score (nSPS) is 40.3. The Labute approximate surface area is 111 Å². The predicted octanol–water partition coefficient (Wildman–Crippen LogP) is 3.60. The van der Waals surface area contributed by atoms with Crippen LogP contribution in [0.5, 0.6) is 0 Å². The number of aliphatic hydroxyl groups excluding tert-OH is 1. The molecule has 19 heavy (non-hydrogen) atoms. The van der Waals surface area contributed by atoms with Crippen molar-refractivity contribution in [1.82, 2.24) is 0 Å². The van der Waals surface area contributed by atoms with Gasteiger partial charge in [0.2, 0.25) is 0 Å². The van der Waals surface area contributed by atoms with Crippen LogP contribution >= 0.6 is 0 Å². The Kier molecular flexibility index (Phi) is 2.36. The number of benzene rings is 1. The molecule has 0 amide bonds. The minimum atomic E-state index is -0.857. The molecule has 102 valence electrons. The lowest BCUT2D eigenvalue weighted by Gasteiger charge is -2.17. The van der Waals surface area contributed by atoms with Gasteiger partial charge in [-0.25, -0.2) is 8.78 Å². The lowest BCUT2D eigenvalue weighted by Crippen LogP contribution is -2.11. The molecular weight excluding hydrogens is 246 g/mol. The topological polar surface area (TPSA) is 20.2 Å². The van der Waals surface area contributed by atoms with Crippen LogP contribution in [0.1, 0.15) is 36.5 Å². The van der Waals surface area contributed by atoms with Crippen LogP contribution in [0.3, 0.4) is 0 Å². The van der Waals surface area contributed by atoms with Gasteiger partial charge in [-0.15, -0.1) is 0 Å². The monoisotopic (exact) mass is 264 g/mol. The molecule has 0 aromatic heterocycles. The number of fused-ring (bicyclic) bond motifs is 5. The highest BCUT2D eigenvalue weighted by Gasteiger charge is 2.67. The molecular formula is C16H18F2O. The molecule has 0 aliphatic heterocycles. The van der Waals surface area contributed by atoms with E-state index in [0.29, 0.717) is 17.4 Å². The molecule has 1 nitrogen and oxygen atoms in total. The Balaban J connectivity index is 1.63. The summed E-state index contributed by atoms with van der Waals surface area (Å²) in [7, 11) is 0. The first-order valence-corrected chi connectivity index (χ1v) is 7.22. The predicted molar refractivity (Wildman–Crippen MR) is 67.4 cm³/mol. The summed E-state index contributed by atoms with van der Waals surface area (Å²) in [5.41, 5.74) is 0.450. The minimum Gasteiger partial charge on any atom is -0.388 e. The second-order valence-corrected chi connectivity index (χ2v) is 6.61. The lowest BCUT2D eigenvalue weighted by atomic mass is 9.94. The van der Waals surface area contributed by atoms with E-state index < -0.39 is 17.7 Å². The second kappa shape index (κ2) is 3.78. The average molecular weight is 264 g/mol. The zero-order valence-electron chi connectivity index (χ0n) is 10.9. The van der Waals surface area contributed by atoms with E-state index in [1.54, 1.807) is 19.1 Å². The van der Waals surface area contributed by atoms with Crippen LogP contribution in [0.4, 0.5) is 8.78 Å². The molecule has 4 rings (SSSR count). The van der Waals surface area contributed by atoms with Gasteiger partial charge in [0, 0.05) is 5.56 Å². The van der Waals surface area contributed by atoms with Crippen LogP contribution in [-0.4, -0.2) is 5.11 Å². The second-order valence-electron chi connectivity index (χ2n) is 6.61. The van der Waals surface area contributed by atoms with E-state index in [4.69, 9.17) is 0 Å². The van der Waals surface area contributed by atoms with E-state index in [1.807, 2.05) is 0 Å². The molecule has 3 saturated carbocycles. The average Bonchev–Trinajstić information content (AvgIpc) is 2.84. The maximum atomic E-state index is 14.0. The first-order valence-electron chi connectivity index (χ1n) is 7.22.